The first-order chi connectivity index (χ1) is 25.0. The summed E-state index contributed by atoms with van der Waals surface area (Å²) in [6.45, 7) is 9.90. The lowest BCUT2D eigenvalue weighted by molar-refractivity contribution is 0.0570. The SMILES string of the molecule is Cc1ccc(C(=O)N(CC(F)CO[Si](c2ccccc2)(c2ccccc2)C(C)(C)C)C(C)c2nc3cnccc3c(=O)n2Cc2ccccc2)cc1. The maximum absolute atomic E-state index is 16.8. The van der Waals surface area contributed by atoms with Crippen LogP contribution >= 0.6 is 0 Å². The number of rotatable bonds is 12. The molecule has 0 N–H and O–H groups in total. The second-order valence-electron chi connectivity index (χ2n) is 14.3. The van der Waals surface area contributed by atoms with Gasteiger partial charge < -0.3 is 9.33 Å². The predicted octanol–water partition coefficient (Wildman–Crippen LogP) is 7.27. The van der Waals surface area contributed by atoms with Gasteiger partial charge in [-0.1, -0.05) is 129 Å². The van der Waals surface area contributed by atoms with Crippen molar-refractivity contribution < 1.29 is 13.6 Å². The minimum Gasteiger partial charge on any atom is -0.404 e. The minimum atomic E-state index is -3.05. The molecule has 9 heteroatoms. The van der Waals surface area contributed by atoms with Gasteiger partial charge in [0.15, 0.2) is 0 Å². The maximum Gasteiger partial charge on any atom is 0.261 e. The van der Waals surface area contributed by atoms with Crippen LogP contribution in [-0.4, -0.2) is 53.0 Å². The summed E-state index contributed by atoms with van der Waals surface area (Å²) in [5.41, 5.74) is 2.46. The van der Waals surface area contributed by atoms with E-state index in [2.05, 4.69) is 50.0 Å². The average Bonchev–Trinajstić information content (AvgIpc) is 3.15. The molecule has 0 fully saturated rings. The van der Waals surface area contributed by atoms with Crippen LogP contribution in [0.25, 0.3) is 10.9 Å². The number of fused-ring (bicyclic) bond motifs is 1. The molecule has 0 saturated heterocycles. The van der Waals surface area contributed by atoms with E-state index < -0.39 is 20.5 Å². The zero-order chi connectivity index (χ0) is 36.9. The van der Waals surface area contributed by atoms with Gasteiger partial charge in [-0.3, -0.25) is 19.1 Å². The normalized spacial score (nSPS) is 13.1. The molecule has 7 nitrogen and oxygen atoms in total. The smallest absolute Gasteiger partial charge is 0.261 e. The zero-order valence-electron chi connectivity index (χ0n) is 30.4. The van der Waals surface area contributed by atoms with E-state index in [-0.39, 0.29) is 36.2 Å². The molecular weight excluding hydrogens is 668 g/mol. The summed E-state index contributed by atoms with van der Waals surface area (Å²) in [5, 5.41) is 2.15. The molecule has 4 aromatic carbocycles. The predicted molar refractivity (Wildman–Crippen MR) is 208 cm³/mol. The highest BCUT2D eigenvalue weighted by Crippen LogP contribution is 2.37. The van der Waals surface area contributed by atoms with Crippen LogP contribution in [0.2, 0.25) is 5.04 Å². The van der Waals surface area contributed by atoms with Crippen LogP contribution in [0.15, 0.2) is 139 Å². The van der Waals surface area contributed by atoms with Gasteiger partial charge in [-0.2, -0.15) is 0 Å². The van der Waals surface area contributed by atoms with Gasteiger partial charge in [0.05, 0.1) is 42.8 Å². The number of nitrogens with zero attached hydrogens (tertiary/aromatic N) is 4. The molecule has 52 heavy (non-hydrogen) atoms. The van der Waals surface area contributed by atoms with Gasteiger partial charge in [-0.15, -0.1) is 0 Å². The summed E-state index contributed by atoms with van der Waals surface area (Å²) < 4.78 is 25.3. The molecular formula is C43H45FN4O3Si. The number of hydrogen-bond acceptors (Lipinski definition) is 5. The molecule has 2 unspecified atom stereocenters. The molecule has 0 aliphatic heterocycles. The number of amides is 1. The van der Waals surface area contributed by atoms with E-state index in [1.54, 1.807) is 42.1 Å². The summed E-state index contributed by atoms with van der Waals surface area (Å²) in [7, 11) is -3.05. The molecule has 0 spiro atoms. The average molecular weight is 713 g/mol. The van der Waals surface area contributed by atoms with Crippen molar-refractivity contribution >= 4 is 35.5 Å². The number of alkyl halides is 1. The Labute approximate surface area is 305 Å². The third-order valence-corrected chi connectivity index (χ3v) is 14.7. The highest BCUT2D eigenvalue weighted by molar-refractivity contribution is 6.99. The van der Waals surface area contributed by atoms with Gasteiger partial charge in [0, 0.05) is 11.8 Å². The minimum absolute atomic E-state index is 0.229. The first-order valence-electron chi connectivity index (χ1n) is 17.6. The van der Waals surface area contributed by atoms with E-state index in [0.29, 0.717) is 22.3 Å². The first-order valence-corrected chi connectivity index (χ1v) is 19.6. The van der Waals surface area contributed by atoms with Crippen molar-refractivity contribution in [2.75, 3.05) is 13.2 Å². The third kappa shape index (κ3) is 7.52. The second-order valence-corrected chi connectivity index (χ2v) is 18.6. The molecule has 2 heterocycles. The van der Waals surface area contributed by atoms with Gasteiger partial charge in [0.2, 0.25) is 0 Å². The van der Waals surface area contributed by atoms with E-state index >= 15 is 4.39 Å². The Morgan fingerprint density at radius 2 is 1.44 bits per heavy atom. The van der Waals surface area contributed by atoms with Gasteiger partial charge in [0.1, 0.15) is 12.0 Å². The molecule has 0 saturated carbocycles. The maximum atomic E-state index is 16.8. The second kappa shape index (κ2) is 15.6. The fourth-order valence-electron chi connectivity index (χ4n) is 6.99. The lowest BCUT2D eigenvalue weighted by atomic mass is 10.1. The van der Waals surface area contributed by atoms with Crippen LogP contribution in [-0.2, 0) is 11.0 Å². The van der Waals surface area contributed by atoms with Crippen molar-refractivity contribution in [1.29, 1.82) is 0 Å². The number of aromatic nitrogens is 3. The largest absolute Gasteiger partial charge is 0.404 e. The molecule has 6 rings (SSSR count). The number of carbonyl (C=O) groups excluding carboxylic acids is 1. The molecule has 0 aliphatic rings. The fraction of sp³-hybridized carbons (Fsp3) is 0.256. The van der Waals surface area contributed by atoms with E-state index in [1.807, 2.05) is 85.8 Å². The monoisotopic (exact) mass is 712 g/mol. The third-order valence-electron chi connectivity index (χ3n) is 9.66. The quantitative estimate of drug-likeness (QED) is 0.125. The van der Waals surface area contributed by atoms with Crippen molar-refractivity contribution in [1.82, 2.24) is 19.4 Å². The summed E-state index contributed by atoms with van der Waals surface area (Å²) in [6.07, 6.45) is 1.55. The first kappa shape index (κ1) is 36.5. The standard InChI is InChI=1S/C43H45FN4O3Si/c1-31-21-23-34(24-22-31)41(49)47(32(2)40-46-39-27-45-26-25-38(39)42(50)48(40)28-33-15-9-6-10-16-33)29-35(44)30-51-52(43(3,4)5,36-17-11-7-12-18-36)37-19-13-8-14-20-37/h6-27,32,35H,28-30H2,1-5H3. The Balaban J connectivity index is 1.40. The van der Waals surface area contributed by atoms with Gasteiger partial charge >= 0.3 is 0 Å². The van der Waals surface area contributed by atoms with E-state index in [4.69, 9.17) is 9.41 Å². The summed E-state index contributed by atoms with van der Waals surface area (Å²) in [6, 6.07) is 37.9. The van der Waals surface area contributed by atoms with E-state index in [0.717, 1.165) is 21.5 Å². The molecule has 1 amide bonds. The van der Waals surface area contributed by atoms with Crippen molar-refractivity contribution in [3.05, 3.63) is 167 Å². The van der Waals surface area contributed by atoms with Crippen molar-refractivity contribution in [3.8, 4) is 0 Å². The highest BCUT2D eigenvalue weighted by atomic mass is 28.4. The number of halogens is 1. The van der Waals surface area contributed by atoms with Crippen LogP contribution < -0.4 is 15.9 Å². The van der Waals surface area contributed by atoms with Crippen LogP contribution in [0.1, 0.15) is 61.0 Å². The molecule has 2 atom stereocenters. The number of hydrogen-bond donors (Lipinski definition) is 0. The number of benzene rings is 4. The van der Waals surface area contributed by atoms with Crippen LogP contribution in [0.4, 0.5) is 4.39 Å². The molecule has 2 aromatic heterocycles. The lowest BCUT2D eigenvalue weighted by Crippen LogP contribution is -2.67. The fourth-order valence-corrected chi connectivity index (χ4v) is 11.6. The Hall–Kier alpha value is -5.25. The number of aryl methyl sites for hydroxylation is 1. The Morgan fingerprint density at radius 1 is 0.865 bits per heavy atom. The van der Waals surface area contributed by atoms with E-state index in [9.17, 15) is 9.59 Å². The van der Waals surface area contributed by atoms with Crippen molar-refractivity contribution in [2.24, 2.45) is 0 Å². The number of carbonyl (C=O) groups is 1. The van der Waals surface area contributed by atoms with Crippen LogP contribution in [0.5, 0.6) is 0 Å². The summed E-state index contributed by atoms with van der Waals surface area (Å²) in [5.74, 6) is -0.0256. The lowest BCUT2D eigenvalue weighted by Gasteiger charge is -2.43. The molecule has 0 bridgehead atoms. The topological polar surface area (TPSA) is 77.3 Å². The van der Waals surface area contributed by atoms with Crippen LogP contribution in [0, 0.1) is 6.92 Å². The van der Waals surface area contributed by atoms with E-state index in [1.165, 1.54) is 4.90 Å². The van der Waals surface area contributed by atoms with Crippen molar-refractivity contribution in [2.45, 2.75) is 58.4 Å². The molecule has 0 radical (unpaired) electrons. The molecule has 6 aromatic rings. The Bertz CT molecular complexity index is 2130. The zero-order valence-corrected chi connectivity index (χ0v) is 31.4. The summed E-state index contributed by atoms with van der Waals surface area (Å²) in [4.78, 5) is 39.1. The van der Waals surface area contributed by atoms with Crippen molar-refractivity contribution in [3.63, 3.8) is 0 Å². The van der Waals surface area contributed by atoms with Gasteiger partial charge in [-0.25, -0.2) is 9.37 Å². The Kier molecular flexibility index (Phi) is 10.9. The molecule has 0 aliphatic carbocycles. The summed E-state index contributed by atoms with van der Waals surface area (Å²) >= 11 is 0. The molecule has 266 valence electrons. The Morgan fingerprint density at radius 3 is 2.02 bits per heavy atom. The van der Waals surface area contributed by atoms with Gasteiger partial charge in [0.25, 0.3) is 19.8 Å². The van der Waals surface area contributed by atoms with Gasteiger partial charge in [-0.05, 0) is 53.0 Å². The number of pyridine rings is 1. The highest BCUT2D eigenvalue weighted by Gasteiger charge is 2.50. The van der Waals surface area contributed by atoms with Crippen LogP contribution in [0.3, 0.4) is 0 Å².